The molecule has 0 saturated carbocycles. The predicted octanol–water partition coefficient (Wildman–Crippen LogP) is 3.61. The van der Waals surface area contributed by atoms with Crippen molar-refractivity contribution in [3.63, 3.8) is 0 Å². The van der Waals surface area contributed by atoms with Gasteiger partial charge < -0.3 is 5.32 Å². The van der Waals surface area contributed by atoms with Gasteiger partial charge in [-0.15, -0.1) is 0 Å². The number of carbonyl (C=O) groups excluding carboxylic acids is 1. The van der Waals surface area contributed by atoms with Crippen molar-refractivity contribution < 1.29 is 4.79 Å². The molecule has 2 heterocycles. The summed E-state index contributed by atoms with van der Waals surface area (Å²) in [7, 11) is 0. The van der Waals surface area contributed by atoms with E-state index in [4.69, 9.17) is 0 Å². The fourth-order valence-electron chi connectivity index (χ4n) is 4.04. The largest absolute Gasteiger partial charge is 0.325 e. The molecule has 1 saturated heterocycles. The summed E-state index contributed by atoms with van der Waals surface area (Å²) in [5.74, 6) is 0.0606. The van der Waals surface area contributed by atoms with Crippen LogP contribution in [0.2, 0.25) is 0 Å². The van der Waals surface area contributed by atoms with Gasteiger partial charge in [0.25, 0.3) is 0 Å². The lowest BCUT2D eigenvalue weighted by atomic mass is 10.1. The van der Waals surface area contributed by atoms with Crippen LogP contribution in [0, 0.1) is 13.8 Å². The van der Waals surface area contributed by atoms with Gasteiger partial charge >= 0.3 is 0 Å². The first-order valence-electron chi connectivity index (χ1n) is 10.2. The summed E-state index contributed by atoms with van der Waals surface area (Å²) >= 11 is 0. The molecule has 0 atom stereocenters. The molecule has 5 nitrogen and oxygen atoms in total. The topological polar surface area (TPSA) is 48.5 Å². The molecule has 0 spiro atoms. The predicted molar refractivity (Wildman–Crippen MR) is 118 cm³/mol. The van der Waals surface area contributed by atoms with E-state index in [9.17, 15) is 4.79 Å². The van der Waals surface area contributed by atoms with Crippen molar-refractivity contribution in [1.29, 1.82) is 0 Å². The number of aryl methyl sites for hydroxylation is 2. The Balaban J connectivity index is 1.27. The van der Waals surface area contributed by atoms with Crippen molar-refractivity contribution in [3.05, 3.63) is 71.4 Å². The van der Waals surface area contributed by atoms with Crippen molar-refractivity contribution in [2.24, 2.45) is 0 Å². The smallest absolute Gasteiger partial charge is 0.238 e. The molecule has 1 amide bonds. The maximum absolute atomic E-state index is 12.4. The van der Waals surface area contributed by atoms with Crippen molar-refractivity contribution in [1.82, 2.24) is 14.8 Å². The van der Waals surface area contributed by atoms with Gasteiger partial charge in [-0.3, -0.25) is 19.6 Å². The minimum absolute atomic E-state index is 0.0606. The zero-order valence-electron chi connectivity index (χ0n) is 17.2. The number of benzene rings is 2. The average molecular weight is 389 g/mol. The SMILES string of the molecule is Cc1cc(C)cc(NC(=O)CN2CCN(Cc3ccc4ncccc4c3)CC2)c1. The van der Waals surface area contributed by atoms with Crippen LogP contribution in [0.3, 0.4) is 0 Å². The number of pyridine rings is 1. The van der Waals surface area contributed by atoms with Gasteiger partial charge in [-0.25, -0.2) is 0 Å². The zero-order chi connectivity index (χ0) is 20.2. The molecule has 1 N–H and O–H groups in total. The standard InChI is InChI=1S/C24H28N4O/c1-18-12-19(2)14-22(13-18)26-24(29)17-28-10-8-27(9-11-28)16-20-5-6-23-21(15-20)4-3-7-25-23/h3-7,12-15H,8-11,16-17H2,1-2H3,(H,26,29). The maximum Gasteiger partial charge on any atom is 0.238 e. The van der Waals surface area contributed by atoms with Gasteiger partial charge in [0.05, 0.1) is 12.1 Å². The van der Waals surface area contributed by atoms with Gasteiger partial charge in [0.2, 0.25) is 5.91 Å². The Morgan fingerprint density at radius 2 is 1.69 bits per heavy atom. The van der Waals surface area contributed by atoms with Crippen LogP contribution < -0.4 is 5.32 Å². The fraction of sp³-hybridized carbons (Fsp3) is 0.333. The molecule has 5 heteroatoms. The number of carbonyl (C=O) groups is 1. The molecule has 0 unspecified atom stereocenters. The number of piperazine rings is 1. The van der Waals surface area contributed by atoms with Crippen LogP contribution in [-0.4, -0.2) is 53.4 Å². The Morgan fingerprint density at radius 1 is 0.966 bits per heavy atom. The monoisotopic (exact) mass is 388 g/mol. The van der Waals surface area contributed by atoms with Crippen molar-refractivity contribution in [2.45, 2.75) is 20.4 Å². The Morgan fingerprint density at radius 3 is 2.45 bits per heavy atom. The summed E-state index contributed by atoms with van der Waals surface area (Å²) in [6, 6.07) is 16.7. The number of nitrogens with zero attached hydrogens (tertiary/aromatic N) is 3. The number of fused-ring (bicyclic) bond motifs is 1. The quantitative estimate of drug-likeness (QED) is 0.725. The van der Waals surface area contributed by atoms with Crippen LogP contribution in [0.4, 0.5) is 5.69 Å². The second kappa shape index (κ2) is 8.72. The van der Waals surface area contributed by atoms with Gasteiger partial charge in [-0.2, -0.15) is 0 Å². The summed E-state index contributed by atoms with van der Waals surface area (Å²) in [6.07, 6.45) is 1.83. The van der Waals surface area contributed by atoms with Crippen molar-refractivity contribution >= 4 is 22.5 Å². The van der Waals surface area contributed by atoms with E-state index in [2.05, 4.69) is 50.4 Å². The minimum Gasteiger partial charge on any atom is -0.325 e. The molecule has 1 aliphatic rings. The number of aromatic nitrogens is 1. The molecule has 1 aromatic heterocycles. The number of rotatable bonds is 5. The second-order valence-electron chi connectivity index (χ2n) is 8.01. The lowest BCUT2D eigenvalue weighted by Crippen LogP contribution is -2.48. The van der Waals surface area contributed by atoms with Crippen LogP contribution in [0.15, 0.2) is 54.7 Å². The summed E-state index contributed by atoms with van der Waals surface area (Å²) in [5.41, 5.74) is 5.57. The normalized spacial score (nSPS) is 15.5. The first kappa shape index (κ1) is 19.6. The van der Waals surface area contributed by atoms with E-state index < -0.39 is 0 Å². The van der Waals surface area contributed by atoms with Crippen molar-refractivity contribution in [2.75, 3.05) is 38.0 Å². The van der Waals surface area contributed by atoms with E-state index in [-0.39, 0.29) is 5.91 Å². The zero-order valence-corrected chi connectivity index (χ0v) is 17.2. The Hall–Kier alpha value is -2.76. The highest BCUT2D eigenvalue weighted by molar-refractivity contribution is 5.92. The number of amides is 1. The van der Waals surface area contributed by atoms with Gasteiger partial charge in [-0.1, -0.05) is 18.2 Å². The molecule has 1 aliphatic heterocycles. The van der Waals surface area contributed by atoms with E-state index >= 15 is 0 Å². The van der Waals surface area contributed by atoms with Crippen LogP contribution in [0.5, 0.6) is 0 Å². The highest BCUT2D eigenvalue weighted by atomic mass is 16.2. The molecular weight excluding hydrogens is 360 g/mol. The van der Waals surface area contributed by atoms with Crippen LogP contribution >= 0.6 is 0 Å². The molecule has 29 heavy (non-hydrogen) atoms. The molecule has 0 radical (unpaired) electrons. The number of nitrogens with one attached hydrogen (secondary N) is 1. The molecule has 2 aromatic carbocycles. The Labute approximate surface area is 172 Å². The molecule has 0 bridgehead atoms. The minimum atomic E-state index is 0.0606. The second-order valence-corrected chi connectivity index (χ2v) is 8.01. The summed E-state index contributed by atoms with van der Waals surface area (Å²) in [5, 5.41) is 4.23. The number of hydrogen-bond acceptors (Lipinski definition) is 4. The third kappa shape index (κ3) is 5.19. The first-order valence-corrected chi connectivity index (χ1v) is 10.2. The highest BCUT2D eigenvalue weighted by Crippen LogP contribution is 2.16. The molecule has 3 aromatic rings. The van der Waals surface area contributed by atoms with E-state index in [1.165, 1.54) is 22.1 Å². The molecule has 0 aliphatic carbocycles. The molecule has 1 fully saturated rings. The lowest BCUT2D eigenvalue weighted by Gasteiger charge is -2.34. The Kier molecular flexibility index (Phi) is 5.88. The third-order valence-electron chi connectivity index (χ3n) is 5.41. The molecule has 150 valence electrons. The van der Waals surface area contributed by atoms with Gasteiger partial charge in [0.1, 0.15) is 0 Å². The molecule has 4 rings (SSSR count). The summed E-state index contributed by atoms with van der Waals surface area (Å²) < 4.78 is 0. The third-order valence-corrected chi connectivity index (χ3v) is 5.41. The Bertz CT molecular complexity index is 988. The highest BCUT2D eigenvalue weighted by Gasteiger charge is 2.19. The number of hydrogen-bond donors (Lipinski definition) is 1. The van der Waals surface area contributed by atoms with E-state index in [0.717, 1.165) is 43.9 Å². The molecular formula is C24H28N4O. The van der Waals surface area contributed by atoms with Gasteiger partial charge in [0.15, 0.2) is 0 Å². The van der Waals surface area contributed by atoms with Crippen molar-refractivity contribution in [3.8, 4) is 0 Å². The van der Waals surface area contributed by atoms with Crippen LogP contribution in [-0.2, 0) is 11.3 Å². The van der Waals surface area contributed by atoms with Gasteiger partial charge in [-0.05, 0) is 60.9 Å². The van der Waals surface area contributed by atoms with Gasteiger partial charge in [0, 0.05) is 50.0 Å². The lowest BCUT2D eigenvalue weighted by molar-refractivity contribution is -0.117. The average Bonchev–Trinajstić information content (AvgIpc) is 2.68. The number of anilines is 1. The summed E-state index contributed by atoms with van der Waals surface area (Å²) in [6.45, 7) is 9.26. The summed E-state index contributed by atoms with van der Waals surface area (Å²) in [4.78, 5) is 21.5. The maximum atomic E-state index is 12.4. The fourth-order valence-corrected chi connectivity index (χ4v) is 4.04. The van der Waals surface area contributed by atoms with Crippen LogP contribution in [0.25, 0.3) is 10.9 Å². The first-order chi connectivity index (χ1) is 14.0. The van der Waals surface area contributed by atoms with E-state index in [1.54, 1.807) is 0 Å². The van der Waals surface area contributed by atoms with E-state index in [1.807, 2.05) is 38.2 Å². The van der Waals surface area contributed by atoms with E-state index in [0.29, 0.717) is 6.54 Å². The van der Waals surface area contributed by atoms with Crippen LogP contribution in [0.1, 0.15) is 16.7 Å².